The fraction of sp³-hybridized carbons (Fsp3) is 0.600. The third-order valence-corrected chi connectivity index (χ3v) is 2.81. The number of carbonyl (C=O) groups is 2. The monoisotopic (exact) mass is 180 g/mol. The maximum Gasteiger partial charge on any atom is 0.302 e. The molecule has 1 fully saturated rings. The van der Waals surface area contributed by atoms with Crippen LogP contribution < -0.4 is 0 Å². The van der Waals surface area contributed by atoms with Gasteiger partial charge in [0.05, 0.1) is 6.61 Å². The van der Waals surface area contributed by atoms with E-state index in [2.05, 4.69) is 0 Å². The quantitative estimate of drug-likeness (QED) is 0.469. The Bertz CT molecular complexity index is 280. The molecular formula is C10H12O3. The van der Waals surface area contributed by atoms with Gasteiger partial charge >= 0.3 is 5.97 Å². The third kappa shape index (κ3) is 1.39. The third-order valence-electron chi connectivity index (χ3n) is 2.81. The van der Waals surface area contributed by atoms with Crippen LogP contribution in [0.25, 0.3) is 0 Å². The second-order valence-electron chi connectivity index (χ2n) is 3.72. The summed E-state index contributed by atoms with van der Waals surface area (Å²) < 4.78 is 4.90. The lowest BCUT2D eigenvalue weighted by Gasteiger charge is -2.15. The Balaban J connectivity index is 1.94. The number of hydrogen-bond acceptors (Lipinski definition) is 3. The normalized spacial score (nSPS) is 35.5. The number of rotatable bonds is 2. The molecule has 70 valence electrons. The van der Waals surface area contributed by atoms with Crippen molar-refractivity contribution in [1.82, 2.24) is 0 Å². The first-order valence-electron chi connectivity index (χ1n) is 4.54. The van der Waals surface area contributed by atoms with E-state index in [0.29, 0.717) is 12.4 Å². The molecule has 0 N–H and O–H groups in total. The van der Waals surface area contributed by atoms with Gasteiger partial charge < -0.3 is 4.74 Å². The molecule has 3 atom stereocenters. The first-order valence-corrected chi connectivity index (χ1v) is 4.54. The number of carbonyl (C=O) groups excluding carboxylic acids is 2. The van der Waals surface area contributed by atoms with E-state index in [1.54, 1.807) is 0 Å². The molecule has 0 aromatic heterocycles. The van der Waals surface area contributed by atoms with Crippen LogP contribution in [-0.4, -0.2) is 18.4 Å². The van der Waals surface area contributed by atoms with Crippen LogP contribution in [0.15, 0.2) is 12.2 Å². The minimum absolute atomic E-state index is 0.0179. The lowest BCUT2D eigenvalue weighted by Crippen LogP contribution is -2.18. The summed E-state index contributed by atoms with van der Waals surface area (Å²) in [4.78, 5) is 22.0. The van der Waals surface area contributed by atoms with Crippen LogP contribution in [0.1, 0.15) is 13.3 Å². The summed E-state index contributed by atoms with van der Waals surface area (Å²) in [5.41, 5.74) is 0. The minimum Gasteiger partial charge on any atom is -0.466 e. The van der Waals surface area contributed by atoms with E-state index in [9.17, 15) is 9.59 Å². The highest BCUT2D eigenvalue weighted by Gasteiger charge is 2.43. The summed E-state index contributed by atoms with van der Waals surface area (Å²) in [6.07, 6.45) is 4.77. The predicted octanol–water partition coefficient (Wildman–Crippen LogP) is 0.941. The molecule has 2 aliphatic rings. The van der Waals surface area contributed by atoms with Crippen LogP contribution in [0.3, 0.4) is 0 Å². The largest absolute Gasteiger partial charge is 0.466 e. The zero-order chi connectivity index (χ0) is 9.42. The van der Waals surface area contributed by atoms with E-state index in [1.807, 2.05) is 12.2 Å². The van der Waals surface area contributed by atoms with Gasteiger partial charge in [0.15, 0.2) is 0 Å². The van der Waals surface area contributed by atoms with E-state index in [4.69, 9.17) is 4.74 Å². The molecule has 2 bridgehead atoms. The molecule has 13 heavy (non-hydrogen) atoms. The van der Waals surface area contributed by atoms with Crippen molar-refractivity contribution in [3.05, 3.63) is 12.2 Å². The van der Waals surface area contributed by atoms with Crippen molar-refractivity contribution in [3.63, 3.8) is 0 Å². The van der Waals surface area contributed by atoms with Gasteiger partial charge in [0.1, 0.15) is 5.78 Å². The summed E-state index contributed by atoms with van der Waals surface area (Å²) in [7, 11) is 0. The molecule has 2 aliphatic carbocycles. The number of esters is 1. The van der Waals surface area contributed by atoms with Crippen LogP contribution in [0, 0.1) is 17.8 Å². The summed E-state index contributed by atoms with van der Waals surface area (Å²) in [5, 5.41) is 0. The molecular weight excluding hydrogens is 168 g/mol. The molecule has 0 saturated heterocycles. The SMILES string of the molecule is CC(=O)OC[C@H]1C[C@@H]2C=C[C@H]1C2=O. The summed E-state index contributed by atoms with van der Waals surface area (Å²) >= 11 is 0. The Morgan fingerprint density at radius 1 is 1.62 bits per heavy atom. The van der Waals surface area contributed by atoms with Crippen LogP contribution in [-0.2, 0) is 14.3 Å². The van der Waals surface area contributed by atoms with Gasteiger partial charge in [-0.25, -0.2) is 0 Å². The summed E-state index contributed by atoms with van der Waals surface area (Å²) in [5.74, 6) is 0.387. The van der Waals surface area contributed by atoms with E-state index in [-0.39, 0.29) is 23.7 Å². The number of Topliss-reactive ketones (excluding diaryl/α,β-unsaturated/α-hetero) is 1. The number of hydrogen-bond donors (Lipinski definition) is 0. The standard InChI is InChI=1S/C10H12O3/c1-6(11)13-5-8-4-7-2-3-9(8)10(7)12/h2-3,7-9H,4-5H2,1H3/t7-,8+,9+/m0/s1. The molecule has 2 rings (SSSR count). The van der Waals surface area contributed by atoms with Gasteiger partial charge in [-0.2, -0.15) is 0 Å². The van der Waals surface area contributed by atoms with Gasteiger partial charge in [-0.05, 0) is 6.42 Å². The average Bonchev–Trinajstić information content (AvgIpc) is 2.58. The van der Waals surface area contributed by atoms with E-state index >= 15 is 0 Å². The molecule has 0 aromatic rings. The molecule has 0 radical (unpaired) electrons. The molecule has 0 amide bonds. The molecule has 0 aromatic carbocycles. The minimum atomic E-state index is -0.265. The Morgan fingerprint density at radius 2 is 2.38 bits per heavy atom. The second kappa shape index (κ2) is 2.98. The lowest BCUT2D eigenvalue weighted by molar-refractivity contribution is -0.142. The van der Waals surface area contributed by atoms with E-state index < -0.39 is 0 Å². The topological polar surface area (TPSA) is 43.4 Å². The summed E-state index contributed by atoms with van der Waals surface area (Å²) in [6, 6.07) is 0. The lowest BCUT2D eigenvalue weighted by atomic mass is 9.94. The van der Waals surface area contributed by atoms with Crippen molar-refractivity contribution in [2.24, 2.45) is 17.8 Å². The number of allylic oxidation sites excluding steroid dienone is 2. The Labute approximate surface area is 76.8 Å². The van der Waals surface area contributed by atoms with E-state index in [1.165, 1.54) is 6.92 Å². The van der Waals surface area contributed by atoms with Crippen LogP contribution in [0.4, 0.5) is 0 Å². The van der Waals surface area contributed by atoms with Gasteiger partial charge in [0.2, 0.25) is 0 Å². The Morgan fingerprint density at radius 3 is 2.85 bits per heavy atom. The van der Waals surface area contributed by atoms with Crippen molar-refractivity contribution in [1.29, 1.82) is 0 Å². The van der Waals surface area contributed by atoms with Gasteiger partial charge in [-0.3, -0.25) is 9.59 Å². The number of ether oxygens (including phenoxy) is 1. The first kappa shape index (κ1) is 8.48. The summed E-state index contributed by atoms with van der Waals surface area (Å²) in [6.45, 7) is 1.79. The molecule has 3 heteroatoms. The highest BCUT2D eigenvalue weighted by Crippen LogP contribution is 2.40. The van der Waals surface area contributed by atoms with Crippen molar-refractivity contribution in [2.75, 3.05) is 6.61 Å². The zero-order valence-electron chi connectivity index (χ0n) is 7.53. The first-order chi connectivity index (χ1) is 6.18. The van der Waals surface area contributed by atoms with Crippen LogP contribution >= 0.6 is 0 Å². The van der Waals surface area contributed by atoms with E-state index in [0.717, 1.165) is 6.42 Å². The van der Waals surface area contributed by atoms with Crippen molar-refractivity contribution in [2.45, 2.75) is 13.3 Å². The zero-order valence-corrected chi connectivity index (χ0v) is 7.53. The van der Waals surface area contributed by atoms with Crippen molar-refractivity contribution < 1.29 is 14.3 Å². The van der Waals surface area contributed by atoms with Gasteiger partial charge in [-0.15, -0.1) is 0 Å². The number of ketones is 1. The van der Waals surface area contributed by atoms with Crippen molar-refractivity contribution in [3.8, 4) is 0 Å². The Hall–Kier alpha value is -1.12. The molecule has 0 spiro atoms. The van der Waals surface area contributed by atoms with Crippen LogP contribution in [0.2, 0.25) is 0 Å². The van der Waals surface area contributed by atoms with Gasteiger partial charge in [0.25, 0.3) is 0 Å². The maximum absolute atomic E-state index is 11.4. The van der Waals surface area contributed by atoms with Crippen molar-refractivity contribution >= 4 is 11.8 Å². The smallest absolute Gasteiger partial charge is 0.302 e. The fourth-order valence-electron chi connectivity index (χ4n) is 2.14. The molecule has 0 heterocycles. The maximum atomic E-state index is 11.4. The average molecular weight is 180 g/mol. The molecule has 0 aliphatic heterocycles. The highest BCUT2D eigenvalue weighted by molar-refractivity contribution is 5.91. The number of fused-ring (bicyclic) bond motifs is 2. The van der Waals surface area contributed by atoms with Gasteiger partial charge in [-0.1, -0.05) is 12.2 Å². The highest BCUT2D eigenvalue weighted by atomic mass is 16.5. The van der Waals surface area contributed by atoms with Gasteiger partial charge in [0, 0.05) is 24.7 Å². The molecule has 1 saturated carbocycles. The molecule has 3 nitrogen and oxygen atoms in total. The van der Waals surface area contributed by atoms with Crippen LogP contribution in [0.5, 0.6) is 0 Å². The predicted molar refractivity (Wildman–Crippen MR) is 45.9 cm³/mol. The molecule has 0 unspecified atom stereocenters. The second-order valence-corrected chi connectivity index (χ2v) is 3.72. The Kier molecular flexibility index (Phi) is 1.94. The fourth-order valence-corrected chi connectivity index (χ4v) is 2.14.